The number of benzene rings is 6. The zero-order valence-electron chi connectivity index (χ0n) is 38.4. The van der Waals surface area contributed by atoms with E-state index >= 15 is 0 Å². The van der Waals surface area contributed by atoms with Crippen LogP contribution in [0.2, 0.25) is 0 Å². The number of fused-ring (bicyclic) bond motifs is 3. The van der Waals surface area contributed by atoms with E-state index in [-0.39, 0.29) is 5.41 Å². The monoisotopic (exact) mass is 902 g/mol. The van der Waals surface area contributed by atoms with Crippen molar-refractivity contribution in [2.75, 3.05) is 0 Å². The first kappa shape index (κ1) is 40.7. The first-order chi connectivity index (χ1) is 34.6. The summed E-state index contributed by atoms with van der Waals surface area (Å²) in [6, 6.07) is 63.1. The minimum atomic E-state index is -0.0525. The maximum atomic E-state index is 5.22. The van der Waals surface area contributed by atoms with Crippen LogP contribution >= 0.6 is 0 Å². The van der Waals surface area contributed by atoms with Gasteiger partial charge in [-0.1, -0.05) is 152 Å². The zero-order chi connectivity index (χ0) is 46.2. The van der Waals surface area contributed by atoms with Crippen LogP contribution in [-0.2, 0) is 5.41 Å². The van der Waals surface area contributed by atoms with Crippen molar-refractivity contribution in [1.29, 1.82) is 0 Å². The SMILES string of the molecule is c1ccc(-c2nc(-c3ccccc3)nc(-c3ccc(-c4ccc5c(c4)C4(c6cccc(-c7ccc(-c8nc(-c9ccccc9)nc(-c9ccccc9)n8)cn7)c6-5)C5CC6CC(C5)CC4C6)nc3)n2)cc1. The predicted molar refractivity (Wildman–Crippen MR) is 276 cm³/mol. The van der Waals surface area contributed by atoms with E-state index in [9.17, 15) is 0 Å². The first-order valence-electron chi connectivity index (χ1n) is 24.6. The van der Waals surface area contributed by atoms with Crippen LogP contribution in [0.15, 0.2) is 194 Å². The average molecular weight is 903 g/mol. The molecule has 5 aliphatic rings. The maximum Gasteiger partial charge on any atom is 0.165 e. The smallest absolute Gasteiger partial charge is 0.165 e. The van der Waals surface area contributed by atoms with Crippen LogP contribution < -0.4 is 0 Å². The van der Waals surface area contributed by atoms with Gasteiger partial charge in [-0.2, -0.15) is 0 Å². The molecule has 0 radical (unpaired) electrons. The summed E-state index contributed by atoms with van der Waals surface area (Å²) in [5, 5.41) is 0. The highest BCUT2D eigenvalue weighted by atomic mass is 15.0. The van der Waals surface area contributed by atoms with Crippen molar-refractivity contribution >= 4 is 0 Å². The van der Waals surface area contributed by atoms with E-state index in [2.05, 4.69) is 60.7 Å². The Morgan fingerprint density at radius 1 is 0.314 bits per heavy atom. The zero-order valence-corrected chi connectivity index (χ0v) is 38.4. The second-order valence-corrected chi connectivity index (χ2v) is 19.6. The highest BCUT2D eigenvalue weighted by Gasteiger charge is 2.62. The molecule has 4 aromatic heterocycles. The normalized spacial score (nSPS) is 20.3. The van der Waals surface area contributed by atoms with Crippen LogP contribution in [0.5, 0.6) is 0 Å². The van der Waals surface area contributed by atoms with Gasteiger partial charge < -0.3 is 0 Å². The van der Waals surface area contributed by atoms with Gasteiger partial charge in [0.1, 0.15) is 0 Å². The lowest BCUT2D eigenvalue weighted by Crippen LogP contribution is -2.55. The second-order valence-electron chi connectivity index (χ2n) is 19.6. The van der Waals surface area contributed by atoms with E-state index in [0.29, 0.717) is 46.8 Å². The number of hydrogen-bond donors (Lipinski definition) is 0. The molecule has 4 saturated carbocycles. The van der Waals surface area contributed by atoms with Gasteiger partial charge in [-0.05, 0) is 108 Å². The summed E-state index contributed by atoms with van der Waals surface area (Å²) in [7, 11) is 0. The van der Waals surface area contributed by atoms with E-state index in [4.69, 9.17) is 39.9 Å². The number of nitrogens with zero attached hydrogens (tertiary/aromatic N) is 8. The summed E-state index contributed by atoms with van der Waals surface area (Å²) in [6.45, 7) is 0. The van der Waals surface area contributed by atoms with Gasteiger partial charge in [0.05, 0.1) is 11.4 Å². The number of hydrogen-bond acceptors (Lipinski definition) is 8. The molecule has 8 nitrogen and oxygen atoms in total. The van der Waals surface area contributed by atoms with Crippen molar-refractivity contribution in [2.24, 2.45) is 23.7 Å². The summed E-state index contributed by atoms with van der Waals surface area (Å²) in [6.07, 6.45) is 10.4. The van der Waals surface area contributed by atoms with Crippen molar-refractivity contribution in [3.05, 3.63) is 206 Å². The molecule has 4 fully saturated rings. The molecule has 0 aliphatic heterocycles. The van der Waals surface area contributed by atoms with Gasteiger partial charge in [0.2, 0.25) is 0 Å². The molecular formula is C62H46N8. The largest absolute Gasteiger partial charge is 0.255 e. The molecule has 334 valence electrons. The molecule has 4 heterocycles. The van der Waals surface area contributed by atoms with Crippen molar-refractivity contribution in [3.8, 4) is 102 Å². The molecule has 6 aromatic carbocycles. The standard InChI is InChI=1S/C62H46N8/c1-5-14-40(15-6-1)56-65-57(41-16-7-2-8-17-41)68-60(67-56)45-25-28-53(63-36-45)44-24-27-49-52(35-44)62(47-31-38-30-39(33-47)34-48(62)32-38)51-23-13-22-50(55(49)51)54-29-26-46(37-64-54)61-69-58(42-18-9-3-10-19-42)66-59(70-61)43-20-11-4-12-21-43/h1-29,35-39,47-48H,30-34H2. The fraction of sp³-hybridized carbons (Fsp3) is 0.161. The third-order valence-corrected chi connectivity index (χ3v) is 15.7. The van der Waals surface area contributed by atoms with Crippen LogP contribution in [0.25, 0.3) is 102 Å². The van der Waals surface area contributed by atoms with E-state index in [1.54, 1.807) is 0 Å². The Hall–Kier alpha value is -8.36. The fourth-order valence-electron chi connectivity index (χ4n) is 12.9. The topological polar surface area (TPSA) is 103 Å². The van der Waals surface area contributed by atoms with Crippen LogP contribution in [0, 0.1) is 23.7 Å². The number of aromatic nitrogens is 8. The number of rotatable bonds is 8. The molecular weight excluding hydrogens is 857 g/mol. The molecule has 1 spiro atoms. The summed E-state index contributed by atoms with van der Waals surface area (Å²) < 4.78 is 0. The Morgan fingerprint density at radius 2 is 0.729 bits per heavy atom. The lowest BCUT2D eigenvalue weighted by molar-refractivity contribution is -0.0399. The van der Waals surface area contributed by atoms with Gasteiger partial charge in [0.15, 0.2) is 34.9 Å². The number of pyridine rings is 2. The van der Waals surface area contributed by atoms with Crippen LogP contribution in [0.4, 0.5) is 0 Å². The van der Waals surface area contributed by atoms with Gasteiger partial charge in [0, 0.05) is 62.3 Å². The second kappa shape index (κ2) is 16.4. The Labute approximate surface area is 406 Å². The third kappa shape index (κ3) is 6.72. The summed E-state index contributed by atoms with van der Waals surface area (Å²) in [5.41, 5.74) is 15.2. The van der Waals surface area contributed by atoms with E-state index in [1.165, 1.54) is 59.9 Å². The van der Waals surface area contributed by atoms with Gasteiger partial charge in [-0.3, -0.25) is 9.97 Å². The minimum Gasteiger partial charge on any atom is -0.255 e. The van der Waals surface area contributed by atoms with E-state index < -0.39 is 0 Å². The van der Waals surface area contributed by atoms with E-state index in [1.807, 2.05) is 134 Å². The molecule has 0 amide bonds. The first-order valence-corrected chi connectivity index (χ1v) is 24.6. The molecule has 0 unspecified atom stereocenters. The van der Waals surface area contributed by atoms with Crippen LogP contribution in [0.1, 0.15) is 43.2 Å². The molecule has 10 aromatic rings. The Kier molecular flexibility index (Phi) is 9.54. The lowest BCUT2D eigenvalue weighted by Gasteiger charge is -2.61. The molecule has 0 N–H and O–H groups in total. The van der Waals surface area contributed by atoms with Gasteiger partial charge >= 0.3 is 0 Å². The van der Waals surface area contributed by atoms with Crippen molar-refractivity contribution in [2.45, 2.75) is 37.5 Å². The van der Waals surface area contributed by atoms with Crippen molar-refractivity contribution in [1.82, 2.24) is 39.9 Å². The Bertz CT molecular complexity index is 3440. The molecule has 0 atom stereocenters. The van der Waals surface area contributed by atoms with Crippen molar-refractivity contribution < 1.29 is 0 Å². The van der Waals surface area contributed by atoms with Crippen LogP contribution in [-0.4, -0.2) is 39.9 Å². The van der Waals surface area contributed by atoms with Crippen LogP contribution in [0.3, 0.4) is 0 Å². The van der Waals surface area contributed by atoms with Gasteiger partial charge in [-0.25, -0.2) is 29.9 Å². The Morgan fingerprint density at radius 3 is 1.16 bits per heavy atom. The lowest BCUT2D eigenvalue weighted by atomic mass is 9.43. The Balaban J connectivity index is 0.851. The highest BCUT2D eigenvalue weighted by molar-refractivity contribution is 5.93. The quantitative estimate of drug-likeness (QED) is 0.149. The molecule has 70 heavy (non-hydrogen) atoms. The third-order valence-electron chi connectivity index (χ3n) is 15.7. The fourth-order valence-corrected chi connectivity index (χ4v) is 12.9. The van der Waals surface area contributed by atoms with Gasteiger partial charge in [-0.15, -0.1) is 0 Å². The van der Waals surface area contributed by atoms with Crippen molar-refractivity contribution in [3.63, 3.8) is 0 Å². The van der Waals surface area contributed by atoms with E-state index in [0.717, 1.165) is 62.2 Å². The molecule has 0 saturated heterocycles. The molecule has 4 bridgehead atoms. The molecule has 5 aliphatic carbocycles. The predicted octanol–water partition coefficient (Wildman–Crippen LogP) is 13.9. The average Bonchev–Trinajstić information content (AvgIpc) is 3.73. The maximum absolute atomic E-state index is 5.22. The molecule has 8 heteroatoms. The summed E-state index contributed by atoms with van der Waals surface area (Å²) >= 11 is 0. The minimum absolute atomic E-state index is 0.0525. The summed E-state index contributed by atoms with van der Waals surface area (Å²) in [4.78, 5) is 40.1. The molecule has 15 rings (SSSR count). The van der Waals surface area contributed by atoms with Gasteiger partial charge in [0.25, 0.3) is 0 Å². The highest BCUT2D eigenvalue weighted by Crippen LogP contribution is 2.70. The summed E-state index contributed by atoms with van der Waals surface area (Å²) in [5.74, 6) is 6.59.